The Morgan fingerprint density at radius 1 is 1.00 bits per heavy atom. The van der Waals surface area contributed by atoms with E-state index in [2.05, 4.69) is 15.3 Å². The summed E-state index contributed by atoms with van der Waals surface area (Å²) in [4.78, 5) is 6.27. The van der Waals surface area contributed by atoms with Gasteiger partial charge in [-0.1, -0.05) is 0 Å². The molecule has 0 bridgehead atoms. The number of nitrogens with zero attached hydrogens (tertiary/aromatic N) is 2. The minimum absolute atomic E-state index is 0.562. The average molecular weight is 271 g/mol. The lowest BCUT2D eigenvalue weighted by Gasteiger charge is -2.16. The molecular weight excluding hydrogens is 262 g/mol. The first-order valence-electron chi connectivity index (χ1n) is 5.37. The Kier molecular flexibility index (Phi) is 3.64. The Labute approximate surface area is 106 Å². The molecule has 0 saturated carbocycles. The van der Waals surface area contributed by atoms with E-state index in [1.807, 2.05) is 0 Å². The Hall–Kier alpha value is -2.18. The Morgan fingerprint density at radius 3 is 2.05 bits per heavy atom. The van der Waals surface area contributed by atoms with Gasteiger partial charge in [-0.15, -0.1) is 0 Å². The van der Waals surface area contributed by atoms with Crippen LogP contribution in [-0.2, 0) is 0 Å². The SMILES string of the molecule is CC(Nc1c(F)c(F)nc(F)c1F)c1ccncc1. The van der Waals surface area contributed by atoms with E-state index in [9.17, 15) is 17.6 Å². The highest BCUT2D eigenvalue weighted by Gasteiger charge is 2.22. The molecule has 7 heteroatoms. The maximum absolute atomic E-state index is 13.4. The van der Waals surface area contributed by atoms with Crippen LogP contribution in [0.25, 0.3) is 0 Å². The molecule has 2 rings (SSSR count). The molecule has 3 nitrogen and oxygen atoms in total. The standard InChI is InChI=1S/C12H9F4N3/c1-6(7-2-4-17-5-3-7)18-10-8(13)11(15)19-12(16)9(10)14/h2-6H,1H3,(H,18,19). The van der Waals surface area contributed by atoms with Gasteiger partial charge < -0.3 is 5.32 Å². The van der Waals surface area contributed by atoms with Gasteiger partial charge in [-0.2, -0.15) is 22.5 Å². The lowest BCUT2D eigenvalue weighted by Crippen LogP contribution is -2.13. The van der Waals surface area contributed by atoms with Crippen LogP contribution in [0, 0.1) is 23.5 Å². The maximum Gasteiger partial charge on any atom is 0.253 e. The van der Waals surface area contributed by atoms with Gasteiger partial charge in [0.2, 0.25) is 11.6 Å². The molecule has 1 atom stereocenters. The zero-order valence-electron chi connectivity index (χ0n) is 9.79. The summed E-state index contributed by atoms with van der Waals surface area (Å²) in [5.41, 5.74) is -0.222. The van der Waals surface area contributed by atoms with Gasteiger partial charge in [0.05, 0.1) is 0 Å². The monoisotopic (exact) mass is 271 g/mol. The molecule has 100 valence electrons. The number of pyridine rings is 2. The smallest absolute Gasteiger partial charge is 0.253 e. The van der Waals surface area contributed by atoms with Crippen molar-refractivity contribution in [1.82, 2.24) is 9.97 Å². The van der Waals surface area contributed by atoms with Gasteiger partial charge in [0.25, 0.3) is 11.9 Å². The van der Waals surface area contributed by atoms with Crippen molar-refractivity contribution in [3.63, 3.8) is 0 Å². The van der Waals surface area contributed by atoms with E-state index in [1.165, 1.54) is 12.4 Å². The van der Waals surface area contributed by atoms with Crippen LogP contribution < -0.4 is 5.32 Å². The van der Waals surface area contributed by atoms with Crippen LogP contribution >= 0.6 is 0 Å². The molecule has 0 fully saturated rings. The molecule has 0 aliphatic carbocycles. The van der Waals surface area contributed by atoms with Crippen molar-refractivity contribution in [2.75, 3.05) is 5.32 Å². The van der Waals surface area contributed by atoms with E-state index >= 15 is 0 Å². The first kappa shape index (κ1) is 13.3. The van der Waals surface area contributed by atoms with Crippen LogP contribution in [0.4, 0.5) is 23.2 Å². The summed E-state index contributed by atoms with van der Waals surface area (Å²) in [6.45, 7) is 1.59. The molecule has 0 aliphatic rings. The van der Waals surface area contributed by atoms with E-state index < -0.39 is 35.3 Å². The highest BCUT2D eigenvalue weighted by atomic mass is 19.2. The Morgan fingerprint density at radius 2 is 1.53 bits per heavy atom. The van der Waals surface area contributed by atoms with Crippen LogP contribution in [0.1, 0.15) is 18.5 Å². The van der Waals surface area contributed by atoms with Crippen molar-refractivity contribution < 1.29 is 17.6 Å². The van der Waals surface area contributed by atoms with Crippen molar-refractivity contribution in [3.05, 3.63) is 53.6 Å². The maximum atomic E-state index is 13.4. The lowest BCUT2D eigenvalue weighted by molar-refractivity contribution is 0.410. The number of hydrogen-bond donors (Lipinski definition) is 1. The van der Waals surface area contributed by atoms with Gasteiger partial charge in [-0.3, -0.25) is 4.98 Å². The predicted molar refractivity (Wildman–Crippen MR) is 60.3 cm³/mol. The van der Waals surface area contributed by atoms with Crippen molar-refractivity contribution in [1.29, 1.82) is 0 Å². The average Bonchev–Trinajstić information content (AvgIpc) is 2.42. The number of halogens is 4. The fourth-order valence-corrected chi connectivity index (χ4v) is 1.57. The molecule has 0 radical (unpaired) electrons. The zero-order valence-corrected chi connectivity index (χ0v) is 9.79. The highest BCUT2D eigenvalue weighted by Crippen LogP contribution is 2.26. The summed E-state index contributed by atoms with van der Waals surface area (Å²) < 4.78 is 52.7. The van der Waals surface area contributed by atoms with Gasteiger partial charge in [-0.25, -0.2) is 0 Å². The zero-order chi connectivity index (χ0) is 14.0. The second kappa shape index (κ2) is 5.21. The van der Waals surface area contributed by atoms with Crippen molar-refractivity contribution >= 4 is 5.69 Å². The van der Waals surface area contributed by atoms with Crippen LogP contribution in [0.3, 0.4) is 0 Å². The molecule has 0 spiro atoms. The molecular formula is C12H9F4N3. The molecule has 0 aromatic carbocycles. The summed E-state index contributed by atoms with van der Waals surface area (Å²) >= 11 is 0. The van der Waals surface area contributed by atoms with Gasteiger partial charge >= 0.3 is 0 Å². The summed E-state index contributed by atoms with van der Waals surface area (Å²) in [7, 11) is 0. The van der Waals surface area contributed by atoms with Crippen LogP contribution in [0.2, 0.25) is 0 Å². The van der Waals surface area contributed by atoms with Crippen molar-refractivity contribution in [3.8, 4) is 0 Å². The van der Waals surface area contributed by atoms with Crippen LogP contribution in [-0.4, -0.2) is 9.97 Å². The summed E-state index contributed by atoms with van der Waals surface area (Å²) in [5, 5.41) is 2.38. The fraction of sp³-hybridized carbons (Fsp3) is 0.167. The van der Waals surface area contributed by atoms with Crippen molar-refractivity contribution in [2.24, 2.45) is 0 Å². The molecule has 2 heterocycles. The van der Waals surface area contributed by atoms with Crippen molar-refractivity contribution in [2.45, 2.75) is 13.0 Å². The minimum Gasteiger partial charge on any atom is -0.373 e. The largest absolute Gasteiger partial charge is 0.373 e. The Bertz CT molecular complexity index is 563. The molecule has 2 aromatic heterocycles. The van der Waals surface area contributed by atoms with Gasteiger partial charge in [-0.05, 0) is 24.6 Å². The van der Waals surface area contributed by atoms with E-state index in [0.717, 1.165) is 0 Å². The summed E-state index contributed by atoms with van der Waals surface area (Å²) in [5.74, 6) is -6.49. The first-order chi connectivity index (χ1) is 9.00. The second-order valence-corrected chi connectivity index (χ2v) is 3.84. The number of aromatic nitrogens is 2. The number of nitrogens with one attached hydrogen (secondary N) is 1. The van der Waals surface area contributed by atoms with E-state index in [-0.39, 0.29) is 0 Å². The topological polar surface area (TPSA) is 37.8 Å². The first-order valence-corrected chi connectivity index (χ1v) is 5.37. The number of hydrogen-bond acceptors (Lipinski definition) is 3. The summed E-state index contributed by atoms with van der Waals surface area (Å²) in [6.07, 6.45) is 2.99. The lowest BCUT2D eigenvalue weighted by atomic mass is 10.1. The third kappa shape index (κ3) is 2.64. The molecule has 0 amide bonds. The van der Waals surface area contributed by atoms with Gasteiger partial charge in [0.15, 0.2) is 0 Å². The van der Waals surface area contributed by atoms with Crippen LogP contribution in [0.5, 0.6) is 0 Å². The second-order valence-electron chi connectivity index (χ2n) is 3.84. The molecule has 0 aliphatic heterocycles. The fourth-order valence-electron chi connectivity index (χ4n) is 1.57. The highest BCUT2D eigenvalue weighted by molar-refractivity contribution is 5.47. The normalized spacial score (nSPS) is 12.3. The molecule has 2 aromatic rings. The van der Waals surface area contributed by atoms with E-state index in [1.54, 1.807) is 19.1 Å². The quantitative estimate of drug-likeness (QED) is 0.688. The minimum atomic E-state index is -1.69. The van der Waals surface area contributed by atoms with Gasteiger partial charge in [0.1, 0.15) is 5.69 Å². The Balaban J connectivity index is 2.34. The summed E-state index contributed by atoms with van der Waals surface area (Å²) in [6, 6.07) is 2.66. The molecule has 1 N–H and O–H groups in total. The van der Waals surface area contributed by atoms with E-state index in [4.69, 9.17) is 0 Å². The van der Waals surface area contributed by atoms with Gasteiger partial charge in [0, 0.05) is 18.4 Å². The third-order valence-corrected chi connectivity index (χ3v) is 2.56. The molecule has 19 heavy (non-hydrogen) atoms. The third-order valence-electron chi connectivity index (χ3n) is 2.56. The van der Waals surface area contributed by atoms with E-state index in [0.29, 0.717) is 5.56 Å². The molecule has 0 saturated heterocycles. The number of anilines is 1. The predicted octanol–water partition coefficient (Wildman–Crippen LogP) is 3.21. The number of rotatable bonds is 3. The van der Waals surface area contributed by atoms with Crippen LogP contribution in [0.15, 0.2) is 24.5 Å². The molecule has 1 unspecified atom stereocenters.